The van der Waals surface area contributed by atoms with Gasteiger partial charge in [0.25, 0.3) is 0 Å². The number of hydrogen-bond donors (Lipinski definition) is 2. The van der Waals surface area contributed by atoms with Crippen molar-refractivity contribution >= 4 is 27.3 Å². The summed E-state index contributed by atoms with van der Waals surface area (Å²) in [5, 5.41) is 0. The molecule has 0 spiro atoms. The maximum Gasteiger partial charge on any atom is 0.229 e. The molecule has 1 rings (SSSR count). The summed E-state index contributed by atoms with van der Waals surface area (Å²) in [7, 11) is -3.21. The first-order chi connectivity index (χ1) is 11.2. The number of carbonyl (C=O) groups is 1. The Kier molecular flexibility index (Phi) is 10.9. The molecule has 0 unspecified atom stereocenters. The van der Waals surface area contributed by atoms with E-state index in [0.717, 1.165) is 44.3 Å². The Morgan fingerprint density at radius 1 is 1.21 bits per heavy atom. The molecule has 0 fully saturated rings. The molecule has 0 radical (unpaired) electrons. The van der Waals surface area contributed by atoms with Crippen LogP contribution in [0.15, 0.2) is 24.3 Å². The predicted molar refractivity (Wildman–Crippen MR) is 102 cm³/mol. The zero-order chi connectivity index (χ0) is 18.6. The average Bonchev–Trinajstić information content (AvgIpc) is 2.47. The second-order valence-electron chi connectivity index (χ2n) is 5.57. The van der Waals surface area contributed by atoms with Crippen LogP contribution in [-0.4, -0.2) is 33.7 Å². The molecule has 24 heavy (non-hydrogen) atoms. The first-order valence-corrected chi connectivity index (χ1v) is 10.2. The fourth-order valence-electron chi connectivity index (χ4n) is 2.05. The van der Waals surface area contributed by atoms with E-state index < -0.39 is 10.0 Å². The molecule has 0 saturated carbocycles. The van der Waals surface area contributed by atoms with E-state index in [1.54, 1.807) is 6.07 Å². The quantitative estimate of drug-likeness (QED) is 0.710. The Hall–Kier alpha value is -1.76. The summed E-state index contributed by atoms with van der Waals surface area (Å²) in [5.41, 5.74) is 6.43. The highest BCUT2D eigenvalue weighted by molar-refractivity contribution is 7.92. The van der Waals surface area contributed by atoms with Crippen LogP contribution >= 0.6 is 0 Å². The molecular formula is C17H31N3O3S. The molecule has 0 aliphatic heterocycles. The number of nitrogens with two attached hydrogens (primary N) is 1. The minimum absolute atomic E-state index is 0.211. The van der Waals surface area contributed by atoms with Crippen LogP contribution in [0.25, 0.3) is 0 Å². The summed E-state index contributed by atoms with van der Waals surface area (Å²) in [6.07, 6.45) is 4.82. The van der Waals surface area contributed by atoms with Crippen molar-refractivity contribution in [3.8, 4) is 0 Å². The molecule has 0 bridgehead atoms. The van der Waals surface area contributed by atoms with Gasteiger partial charge in [0.2, 0.25) is 15.9 Å². The monoisotopic (exact) mass is 357 g/mol. The van der Waals surface area contributed by atoms with Crippen LogP contribution in [0.3, 0.4) is 0 Å². The fraction of sp³-hybridized carbons (Fsp3) is 0.588. The lowest BCUT2D eigenvalue weighted by Crippen LogP contribution is -2.23. The van der Waals surface area contributed by atoms with E-state index in [0.29, 0.717) is 12.1 Å². The van der Waals surface area contributed by atoms with Gasteiger partial charge in [-0.2, -0.15) is 0 Å². The van der Waals surface area contributed by atoms with Crippen LogP contribution in [0.2, 0.25) is 0 Å². The number of benzene rings is 1. The van der Waals surface area contributed by atoms with Gasteiger partial charge in [-0.1, -0.05) is 26.3 Å². The Morgan fingerprint density at radius 2 is 1.88 bits per heavy atom. The van der Waals surface area contributed by atoms with E-state index in [-0.39, 0.29) is 5.91 Å². The fourth-order valence-corrected chi connectivity index (χ4v) is 2.60. The van der Waals surface area contributed by atoms with Gasteiger partial charge in [-0.3, -0.25) is 9.52 Å². The van der Waals surface area contributed by atoms with Crippen molar-refractivity contribution in [1.82, 2.24) is 0 Å². The summed E-state index contributed by atoms with van der Waals surface area (Å²) in [4.78, 5) is 12.1. The number of anilines is 2. The Bertz CT molecular complexity index is 588. The second-order valence-corrected chi connectivity index (χ2v) is 7.32. The maximum absolute atomic E-state index is 11.2. The Morgan fingerprint density at radius 3 is 2.29 bits per heavy atom. The SMILES string of the molecule is CCCC(N)=O.CCCCN(CC)c1cccc(NS(C)(=O)=O)c1. The minimum atomic E-state index is -3.21. The summed E-state index contributed by atoms with van der Waals surface area (Å²) < 4.78 is 24.9. The lowest BCUT2D eigenvalue weighted by molar-refractivity contribution is -0.118. The van der Waals surface area contributed by atoms with Gasteiger partial charge in [-0.05, 0) is 38.0 Å². The number of rotatable bonds is 9. The van der Waals surface area contributed by atoms with E-state index in [1.165, 1.54) is 0 Å². The third-order valence-corrected chi connectivity index (χ3v) is 3.78. The van der Waals surface area contributed by atoms with Crippen LogP contribution in [0.4, 0.5) is 11.4 Å². The summed E-state index contributed by atoms with van der Waals surface area (Å²) in [6, 6.07) is 7.52. The van der Waals surface area contributed by atoms with Crippen molar-refractivity contribution in [2.75, 3.05) is 29.0 Å². The van der Waals surface area contributed by atoms with Crippen LogP contribution in [0, 0.1) is 0 Å². The predicted octanol–water partition coefficient (Wildman–Crippen LogP) is 2.96. The molecule has 0 aromatic heterocycles. The van der Waals surface area contributed by atoms with Gasteiger partial charge in [-0.25, -0.2) is 8.42 Å². The van der Waals surface area contributed by atoms with E-state index in [1.807, 2.05) is 25.1 Å². The number of amides is 1. The van der Waals surface area contributed by atoms with Crippen molar-refractivity contribution in [2.24, 2.45) is 5.73 Å². The number of unbranched alkanes of at least 4 members (excludes halogenated alkanes) is 1. The van der Waals surface area contributed by atoms with Gasteiger partial charge in [0.15, 0.2) is 0 Å². The lowest BCUT2D eigenvalue weighted by atomic mass is 10.2. The van der Waals surface area contributed by atoms with Gasteiger partial charge in [0.1, 0.15) is 0 Å². The number of hydrogen-bond acceptors (Lipinski definition) is 4. The number of nitrogens with zero attached hydrogens (tertiary/aromatic N) is 1. The van der Waals surface area contributed by atoms with E-state index in [2.05, 4.69) is 23.5 Å². The van der Waals surface area contributed by atoms with Crippen molar-refractivity contribution < 1.29 is 13.2 Å². The van der Waals surface area contributed by atoms with Crippen LogP contribution in [0.1, 0.15) is 46.5 Å². The highest BCUT2D eigenvalue weighted by Gasteiger charge is 2.06. The van der Waals surface area contributed by atoms with E-state index >= 15 is 0 Å². The molecule has 0 atom stereocenters. The van der Waals surface area contributed by atoms with Crippen molar-refractivity contribution in [3.63, 3.8) is 0 Å². The Balaban J connectivity index is 0.000000754. The zero-order valence-electron chi connectivity index (χ0n) is 15.2. The van der Waals surface area contributed by atoms with Gasteiger partial charge in [0.05, 0.1) is 11.9 Å². The first-order valence-electron chi connectivity index (χ1n) is 8.34. The highest BCUT2D eigenvalue weighted by atomic mass is 32.2. The maximum atomic E-state index is 11.2. The van der Waals surface area contributed by atoms with E-state index in [9.17, 15) is 13.2 Å². The Labute approximate surface area is 146 Å². The molecule has 6 nitrogen and oxygen atoms in total. The molecule has 0 aliphatic carbocycles. The molecule has 7 heteroatoms. The van der Waals surface area contributed by atoms with Crippen molar-refractivity contribution in [1.29, 1.82) is 0 Å². The second kappa shape index (κ2) is 11.7. The number of nitrogens with one attached hydrogen (secondary N) is 1. The summed E-state index contributed by atoms with van der Waals surface area (Å²) >= 11 is 0. The normalized spacial score (nSPS) is 10.5. The smallest absolute Gasteiger partial charge is 0.229 e. The number of carbonyl (C=O) groups excluding carboxylic acids is 1. The van der Waals surface area contributed by atoms with Crippen molar-refractivity contribution in [3.05, 3.63) is 24.3 Å². The van der Waals surface area contributed by atoms with Gasteiger partial charge in [-0.15, -0.1) is 0 Å². The van der Waals surface area contributed by atoms with Crippen LogP contribution in [-0.2, 0) is 14.8 Å². The van der Waals surface area contributed by atoms with E-state index in [4.69, 9.17) is 5.73 Å². The third-order valence-electron chi connectivity index (χ3n) is 3.17. The summed E-state index contributed by atoms with van der Waals surface area (Å²) in [5.74, 6) is -0.211. The van der Waals surface area contributed by atoms with Gasteiger partial charge in [0, 0.05) is 25.2 Å². The topological polar surface area (TPSA) is 92.5 Å². The number of primary amides is 1. The molecule has 138 valence electrons. The zero-order valence-corrected chi connectivity index (χ0v) is 16.0. The highest BCUT2D eigenvalue weighted by Crippen LogP contribution is 2.20. The molecular weight excluding hydrogens is 326 g/mol. The van der Waals surface area contributed by atoms with Crippen LogP contribution in [0.5, 0.6) is 0 Å². The van der Waals surface area contributed by atoms with Crippen LogP contribution < -0.4 is 15.4 Å². The molecule has 1 amide bonds. The third kappa shape index (κ3) is 10.9. The standard InChI is InChI=1S/C13H22N2O2S.C4H9NO/c1-4-6-10-15(5-2)13-9-7-8-12(11-13)14-18(3,16)17;1-2-3-4(5)6/h7-9,11,14H,4-6,10H2,1-3H3;2-3H2,1H3,(H2,5,6). The lowest BCUT2D eigenvalue weighted by Gasteiger charge is -2.23. The average molecular weight is 358 g/mol. The molecule has 1 aromatic carbocycles. The molecule has 0 heterocycles. The van der Waals surface area contributed by atoms with Crippen molar-refractivity contribution in [2.45, 2.75) is 46.5 Å². The first kappa shape index (κ1) is 22.2. The van der Waals surface area contributed by atoms with Gasteiger partial charge < -0.3 is 10.6 Å². The minimum Gasteiger partial charge on any atom is -0.372 e. The molecule has 1 aromatic rings. The number of sulfonamides is 1. The molecule has 0 aliphatic rings. The molecule has 0 saturated heterocycles. The largest absolute Gasteiger partial charge is 0.372 e. The van der Waals surface area contributed by atoms with Gasteiger partial charge >= 0.3 is 0 Å². The summed E-state index contributed by atoms with van der Waals surface area (Å²) in [6.45, 7) is 8.10. The molecule has 3 N–H and O–H groups in total.